The summed E-state index contributed by atoms with van der Waals surface area (Å²) in [5.41, 5.74) is 2.65. The van der Waals surface area contributed by atoms with E-state index in [-0.39, 0.29) is 18.3 Å². The van der Waals surface area contributed by atoms with E-state index in [0.717, 1.165) is 21.8 Å². The molecule has 6 nitrogen and oxygen atoms in total. The number of aryl methyl sites for hydroxylation is 2. The zero-order valence-corrected chi connectivity index (χ0v) is 17.5. The van der Waals surface area contributed by atoms with E-state index >= 15 is 0 Å². The summed E-state index contributed by atoms with van der Waals surface area (Å²) in [4.78, 5) is 29.8. The van der Waals surface area contributed by atoms with Crippen LogP contribution in [0.15, 0.2) is 18.2 Å². The molecule has 0 aliphatic carbocycles. The maximum Gasteiger partial charge on any atom is 0.308 e. The third-order valence-corrected chi connectivity index (χ3v) is 4.88. The van der Waals surface area contributed by atoms with Crippen molar-refractivity contribution in [2.75, 3.05) is 17.2 Å². The Labute approximate surface area is 164 Å². The zero-order chi connectivity index (χ0) is 20.2. The van der Waals surface area contributed by atoms with Crippen LogP contribution in [0.1, 0.15) is 53.7 Å². The number of nitrogens with one attached hydrogen (secondary N) is 2. The monoisotopic (exact) mass is 389 g/mol. The number of amides is 1. The van der Waals surface area contributed by atoms with Crippen LogP contribution >= 0.6 is 11.3 Å². The average Bonchev–Trinajstić information content (AvgIpc) is 2.85. The van der Waals surface area contributed by atoms with Gasteiger partial charge in [0, 0.05) is 22.7 Å². The summed E-state index contributed by atoms with van der Waals surface area (Å²) in [7, 11) is 0. The van der Waals surface area contributed by atoms with Crippen LogP contribution in [-0.2, 0) is 9.53 Å². The van der Waals surface area contributed by atoms with E-state index in [1.165, 1.54) is 11.3 Å². The van der Waals surface area contributed by atoms with E-state index in [9.17, 15) is 9.59 Å². The highest BCUT2D eigenvalue weighted by molar-refractivity contribution is 7.15. The van der Waals surface area contributed by atoms with Crippen molar-refractivity contribution >= 4 is 34.0 Å². The number of aromatic nitrogens is 1. The molecule has 146 valence electrons. The largest absolute Gasteiger partial charge is 0.460 e. The molecule has 1 amide bonds. The summed E-state index contributed by atoms with van der Waals surface area (Å²) in [5, 5.41) is 6.66. The molecule has 0 aliphatic rings. The molecular weight excluding hydrogens is 362 g/mol. The molecule has 27 heavy (non-hydrogen) atoms. The molecule has 0 saturated heterocycles. The molecule has 0 radical (unpaired) electrons. The van der Waals surface area contributed by atoms with E-state index in [4.69, 9.17) is 4.74 Å². The predicted molar refractivity (Wildman–Crippen MR) is 110 cm³/mol. The van der Waals surface area contributed by atoms with Crippen LogP contribution in [0.4, 0.5) is 10.8 Å². The number of ether oxygens (including phenoxy) is 1. The molecule has 0 aliphatic heterocycles. The van der Waals surface area contributed by atoms with E-state index in [2.05, 4.69) is 15.6 Å². The molecule has 0 atom stereocenters. The fourth-order valence-corrected chi connectivity index (χ4v) is 3.27. The van der Waals surface area contributed by atoms with Crippen LogP contribution < -0.4 is 10.6 Å². The highest BCUT2D eigenvalue weighted by Crippen LogP contribution is 2.24. The van der Waals surface area contributed by atoms with Crippen LogP contribution in [0.25, 0.3) is 0 Å². The number of carbonyl (C=O) groups excluding carboxylic acids is 2. The first-order chi connectivity index (χ1) is 12.6. The first-order valence-corrected chi connectivity index (χ1v) is 9.69. The van der Waals surface area contributed by atoms with E-state index < -0.39 is 5.60 Å². The van der Waals surface area contributed by atoms with Gasteiger partial charge in [-0.15, -0.1) is 11.3 Å². The summed E-state index contributed by atoms with van der Waals surface area (Å²) in [6, 6.07) is 5.48. The van der Waals surface area contributed by atoms with E-state index in [0.29, 0.717) is 17.2 Å². The van der Waals surface area contributed by atoms with Gasteiger partial charge in [0.05, 0.1) is 12.1 Å². The fraction of sp³-hybridized carbons (Fsp3) is 0.450. The van der Waals surface area contributed by atoms with Crippen LogP contribution in [0, 0.1) is 20.8 Å². The van der Waals surface area contributed by atoms with Crippen LogP contribution in [0.5, 0.6) is 0 Å². The maximum atomic E-state index is 12.6. The SMILES string of the molecule is Cc1nc(NC(=O)c2cccc(NCCC(=O)OC(C)(C)C)c2C)sc1C. The lowest BCUT2D eigenvalue weighted by atomic mass is 10.1. The number of esters is 1. The van der Waals surface area contributed by atoms with Crippen molar-refractivity contribution in [2.24, 2.45) is 0 Å². The molecule has 0 unspecified atom stereocenters. The lowest BCUT2D eigenvalue weighted by molar-refractivity contribution is -0.154. The van der Waals surface area contributed by atoms with Crippen molar-refractivity contribution in [1.82, 2.24) is 4.98 Å². The van der Waals surface area contributed by atoms with E-state index in [1.807, 2.05) is 53.7 Å². The van der Waals surface area contributed by atoms with Gasteiger partial charge in [0.1, 0.15) is 5.60 Å². The molecular formula is C20H27N3O3S. The summed E-state index contributed by atoms with van der Waals surface area (Å²) < 4.78 is 5.30. The Kier molecular flexibility index (Phi) is 6.59. The maximum absolute atomic E-state index is 12.6. The Morgan fingerprint density at radius 3 is 2.48 bits per heavy atom. The number of hydrogen-bond acceptors (Lipinski definition) is 6. The second-order valence-electron chi connectivity index (χ2n) is 7.36. The molecule has 7 heteroatoms. The predicted octanol–water partition coefficient (Wildman–Crippen LogP) is 4.46. The van der Waals surface area contributed by atoms with Gasteiger partial charge in [-0.2, -0.15) is 0 Å². The fourth-order valence-electron chi connectivity index (χ4n) is 2.46. The summed E-state index contributed by atoms with van der Waals surface area (Å²) in [6.45, 7) is 11.7. The molecule has 1 aromatic carbocycles. The normalized spacial score (nSPS) is 11.2. The van der Waals surface area contributed by atoms with Gasteiger partial charge in [0.25, 0.3) is 5.91 Å². The number of anilines is 2. The molecule has 0 fully saturated rings. The van der Waals surface area contributed by atoms with E-state index in [1.54, 1.807) is 6.07 Å². The van der Waals surface area contributed by atoms with Crippen molar-refractivity contribution in [2.45, 2.75) is 53.6 Å². The third kappa shape index (κ3) is 6.06. The molecule has 2 rings (SSSR count). The molecule has 2 aromatic rings. The Balaban J connectivity index is 2.00. The van der Waals surface area contributed by atoms with Crippen molar-refractivity contribution in [3.8, 4) is 0 Å². The van der Waals surface area contributed by atoms with Gasteiger partial charge in [0.15, 0.2) is 5.13 Å². The minimum absolute atomic E-state index is 0.197. The van der Waals surface area contributed by atoms with Crippen LogP contribution in [0.2, 0.25) is 0 Å². The van der Waals surface area contributed by atoms with Gasteiger partial charge in [-0.25, -0.2) is 4.98 Å². The molecule has 0 saturated carbocycles. The number of carbonyl (C=O) groups is 2. The number of rotatable bonds is 6. The molecule has 1 heterocycles. The number of thiazole rings is 1. The van der Waals surface area contributed by atoms with Gasteiger partial charge in [-0.3, -0.25) is 14.9 Å². The van der Waals surface area contributed by atoms with Gasteiger partial charge in [-0.1, -0.05) is 6.07 Å². The molecule has 0 bridgehead atoms. The molecule has 2 N–H and O–H groups in total. The van der Waals surface area contributed by atoms with Crippen LogP contribution in [-0.4, -0.2) is 29.0 Å². The standard InChI is InChI=1S/C20H27N3O3S/c1-12-15(18(25)23-19-22-13(2)14(3)27-19)8-7-9-16(12)21-11-10-17(24)26-20(4,5)6/h7-9,21H,10-11H2,1-6H3,(H,22,23,25). The Hall–Kier alpha value is -2.41. The molecule has 1 aromatic heterocycles. The molecule has 0 spiro atoms. The number of benzene rings is 1. The summed E-state index contributed by atoms with van der Waals surface area (Å²) in [6.07, 6.45) is 0.255. The summed E-state index contributed by atoms with van der Waals surface area (Å²) in [5.74, 6) is -0.451. The quantitative estimate of drug-likeness (QED) is 0.713. The zero-order valence-electron chi connectivity index (χ0n) is 16.7. The van der Waals surface area contributed by atoms with Crippen LogP contribution in [0.3, 0.4) is 0 Å². The Morgan fingerprint density at radius 1 is 1.19 bits per heavy atom. The number of hydrogen-bond donors (Lipinski definition) is 2. The van der Waals surface area contributed by atoms with Gasteiger partial charge in [0.2, 0.25) is 0 Å². The second kappa shape index (κ2) is 8.52. The highest BCUT2D eigenvalue weighted by atomic mass is 32.1. The van der Waals surface area contributed by atoms with Crippen molar-refractivity contribution in [3.05, 3.63) is 39.9 Å². The average molecular weight is 390 g/mol. The smallest absolute Gasteiger partial charge is 0.308 e. The van der Waals surface area contributed by atoms with Crippen molar-refractivity contribution in [1.29, 1.82) is 0 Å². The lowest BCUT2D eigenvalue weighted by Crippen LogP contribution is -2.25. The topological polar surface area (TPSA) is 80.3 Å². The first kappa shape index (κ1) is 20.9. The summed E-state index contributed by atoms with van der Waals surface area (Å²) >= 11 is 1.46. The van der Waals surface area contributed by atoms with Gasteiger partial charge < -0.3 is 10.1 Å². The lowest BCUT2D eigenvalue weighted by Gasteiger charge is -2.19. The van der Waals surface area contributed by atoms with Gasteiger partial charge in [-0.05, 0) is 59.2 Å². The number of nitrogens with zero attached hydrogens (tertiary/aromatic N) is 1. The minimum atomic E-state index is -0.489. The Morgan fingerprint density at radius 2 is 1.89 bits per heavy atom. The highest BCUT2D eigenvalue weighted by Gasteiger charge is 2.17. The van der Waals surface area contributed by atoms with Crippen molar-refractivity contribution in [3.63, 3.8) is 0 Å². The second-order valence-corrected chi connectivity index (χ2v) is 8.56. The minimum Gasteiger partial charge on any atom is -0.460 e. The third-order valence-electron chi connectivity index (χ3n) is 3.89. The first-order valence-electron chi connectivity index (χ1n) is 8.87. The van der Waals surface area contributed by atoms with Crippen molar-refractivity contribution < 1.29 is 14.3 Å². The van der Waals surface area contributed by atoms with Gasteiger partial charge >= 0.3 is 5.97 Å². The Bertz CT molecular complexity index is 818.